The summed E-state index contributed by atoms with van der Waals surface area (Å²) in [5, 5.41) is 10.5. The van der Waals surface area contributed by atoms with E-state index in [1.165, 1.54) is 6.07 Å². The highest BCUT2D eigenvalue weighted by atomic mass is 19.1. The lowest BCUT2D eigenvalue weighted by atomic mass is 10.2. The first-order valence-corrected chi connectivity index (χ1v) is 10.5. The van der Waals surface area contributed by atoms with Crippen molar-refractivity contribution in [2.24, 2.45) is 0 Å². The minimum Gasteiger partial charge on any atom is -0.389 e. The summed E-state index contributed by atoms with van der Waals surface area (Å²) in [5.41, 5.74) is 3.09. The molecule has 31 heavy (non-hydrogen) atoms. The van der Waals surface area contributed by atoms with Gasteiger partial charge in [0.1, 0.15) is 5.82 Å². The van der Waals surface area contributed by atoms with Gasteiger partial charge in [0.25, 0.3) is 0 Å². The zero-order valence-corrected chi connectivity index (χ0v) is 18.0. The number of hydrogen-bond donors (Lipinski definition) is 1. The summed E-state index contributed by atoms with van der Waals surface area (Å²) in [5.74, 6) is -0.230. The second-order valence-corrected chi connectivity index (χ2v) is 7.64. The number of aliphatic hydroxyl groups is 1. The normalized spacial score (nSPS) is 12.4. The van der Waals surface area contributed by atoms with Gasteiger partial charge in [0.15, 0.2) is 0 Å². The molecule has 166 valence electrons. The van der Waals surface area contributed by atoms with Gasteiger partial charge < -0.3 is 19.1 Å². The van der Waals surface area contributed by atoms with Gasteiger partial charge in [-0.1, -0.05) is 42.5 Å². The van der Waals surface area contributed by atoms with Crippen LogP contribution in [-0.2, 0) is 29.2 Å². The number of aromatic nitrogens is 1. The highest BCUT2D eigenvalue weighted by Crippen LogP contribution is 2.12. The van der Waals surface area contributed by atoms with Gasteiger partial charge in [0.2, 0.25) is 0 Å². The molecule has 1 aromatic heterocycles. The Kier molecular flexibility index (Phi) is 9.24. The van der Waals surface area contributed by atoms with Crippen molar-refractivity contribution in [1.82, 2.24) is 9.47 Å². The number of aliphatic hydroxyl groups excluding tert-OH is 1. The predicted molar refractivity (Wildman–Crippen MR) is 119 cm³/mol. The zero-order valence-electron chi connectivity index (χ0n) is 18.0. The minimum atomic E-state index is -0.604. The van der Waals surface area contributed by atoms with Crippen molar-refractivity contribution in [2.45, 2.75) is 25.8 Å². The first kappa shape index (κ1) is 23.2. The number of ether oxygens (including phenoxy) is 2. The lowest BCUT2D eigenvalue weighted by Gasteiger charge is -2.25. The molecular weight excluding hydrogens is 395 g/mol. The molecule has 2 aromatic carbocycles. The van der Waals surface area contributed by atoms with Gasteiger partial charge in [0, 0.05) is 45.2 Å². The maximum Gasteiger partial charge on any atom is 0.123 e. The van der Waals surface area contributed by atoms with Crippen LogP contribution < -0.4 is 0 Å². The standard InChI is InChI=1S/C25H31FN2O3/c1-30-14-13-27(18-25(29)20-31-19-21-7-3-2-4-8-21)17-24-11-6-12-28(24)16-22-9-5-10-23(26)15-22/h2-12,15,25,29H,13-14,16-20H2,1H3. The smallest absolute Gasteiger partial charge is 0.123 e. The number of halogens is 1. The van der Waals surface area contributed by atoms with Crippen molar-refractivity contribution in [3.05, 3.63) is 95.6 Å². The Morgan fingerprint density at radius 3 is 2.61 bits per heavy atom. The Hall–Kier alpha value is -2.51. The molecule has 0 saturated heterocycles. The van der Waals surface area contributed by atoms with Crippen LogP contribution in [0.2, 0.25) is 0 Å². The molecule has 5 nitrogen and oxygen atoms in total. The average Bonchev–Trinajstić information content (AvgIpc) is 3.19. The Bertz CT molecular complexity index is 901. The average molecular weight is 427 g/mol. The maximum atomic E-state index is 13.5. The second-order valence-electron chi connectivity index (χ2n) is 7.64. The molecule has 1 N–H and O–H groups in total. The van der Waals surface area contributed by atoms with Crippen molar-refractivity contribution < 1.29 is 19.0 Å². The van der Waals surface area contributed by atoms with Crippen molar-refractivity contribution in [1.29, 1.82) is 0 Å². The number of nitrogens with zero attached hydrogens (tertiary/aromatic N) is 2. The first-order chi connectivity index (χ1) is 15.1. The largest absolute Gasteiger partial charge is 0.389 e. The van der Waals surface area contributed by atoms with E-state index in [2.05, 4.69) is 15.5 Å². The molecule has 3 aromatic rings. The highest BCUT2D eigenvalue weighted by molar-refractivity contribution is 5.19. The van der Waals surface area contributed by atoms with Crippen LogP contribution in [0.1, 0.15) is 16.8 Å². The second kappa shape index (κ2) is 12.4. The van der Waals surface area contributed by atoms with Gasteiger partial charge in [-0.15, -0.1) is 0 Å². The molecule has 0 aliphatic carbocycles. The molecule has 0 aliphatic rings. The fourth-order valence-corrected chi connectivity index (χ4v) is 3.50. The summed E-state index contributed by atoms with van der Waals surface area (Å²) in [6, 6.07) is 20.6. The molecule has 0 saturated carbocycles. The van der Waals surface area contributed by atoms with Crippen LogP contribution in [0.15, 0.2) is 72.9 Å². The van der Waals surface area contributed by atoms with Crippen LogP contribution in [0.25, 0.3) is 0 Å². The van der Waals surface area contributed by atoms with E-state index in [0.29, 0.717) is 39.4 Å². The lowest BCUT2D eigenvalue weighted by Crippen LogP contribution is -2.37. The molecular formula is C25H31FN2O3. The van der Waals surface area contributed by atoms with E-state index in [-0.39, 0.29) is 12.4 Å². The molecule has 0 spiro atoms. The minimum absolute atomic E-state index is 0.230. The number of methoxy groups -OCH3 is 1. The third-order valence-electron chi connectivity index (χ3n) is 5.05. The monoisotopic (exact) mass is 426 g/mol. The van der Waals surface area contributed by atoms with Crippen molar-refractivity contribution >= 4 is 0 Å². The fourth-order valence-electron chi connectivity index (χ4n) is 3.50. The van der Waals surface area contributed by atoms with Crippen molar-refractivity contribution in [3.63, 3.8) is 0 Å². The molecule has 1 unspecified atom stereocenters. The summed E-state index contributed by atoms with van der Waals surface area (Å²) < 4.78 is 26.6. The van der Waals surface area contributed by atoms with Crippen LogP contribution in [0.4, 0.5) is 4.39 Å². The van der Waals surface area contributed by atoms with Gasteiger partial charge in [-0.2, -0.15) is 0 Å². The Balaban J connectivity index is 1.55. The number of benzene rings is 2. The predicted octanol–water partition coefficient (Wildman–Crippen LogP) is 3.70. The van der Waals surface area contributed by atoms with E-state index in [1.54, 1.807) is 19.2 Å². The molecule has 0 fully saturated rings. The topological polar surface area (TPSA) is 46.9 Å². The van der Waals surface area contributed by atoms with Crippen LogP contribution in [0, 0.1) is 5.82 Å². The highest BCUT2D eigenvalue weighted by Gasteiger charge is 2.15. The van der Waals surface area contributed by atoms with Crippen molar-refractivity contribution in [2.75, 3.05) is 33.4 Å². The Morgan fingerprint density at radius 2 is 1.84 bits per heavy atom. The molecule has 0 amide bonds. The van der Waals surface area contributed by atoms with E-state index in [0.717, 1.165) is 16.8 Å². The molecule has 1 heterocycles. The van der Waals surface area contributed by atoms with Gasteiger partial charge in [-0.3, -0.25) is 4.90 Å². The fraction of sp³-hybridized carbons (Fsp3) is 0.360. The third kappa shape index (κ3) is 7.92. The summed E-state index contributed by atoms with van der Waals surface area (Å²) in [6.07, 6.45) is 1.39. The molecule has 0 radical (unpaired) electrons. The quantitative estimate of drug-likeness (QED) is 0.453. The van der Waals surface area contributed by atoms with Gasteiger partial charge in [-0.05, 0) is 35.4 Å². The summed E-state index contributed by atoms with van der Waals surface area (Å²) in [7, 11) is 1.67. The van der Waals surface area contributed by atoms with E-state index >= 15 is 0 Å². The van der Waals surface area contributed by atoms with Gasteiger partial charge >= 0.3 is 0 Å². The lowest BCUT2D eigenvalue weighted by molar-refractivity contribution is 0.00443. The first-order valence-electron chi connectivity index (χ1n) is 10.5. The Morgan fingerprint density at radius 1 is 1.03 bits per heavy atom. The molecule has 6 heteroatoms. The molecule has 3 rings (SSSR count). The summed E-state index contributed by atoms with van der Waals surface area (Å²) in [4.78, 5) is 2.15. The molecule has 0 bridgehead atoms. The third-order valence-corrected chi connectivity index (χ3v) is 5.05. The SMILES string of the molecule is COCCN(Cc1cccn1Cc1cccc(F)c1)CC(O)COCc1ccccc1. The van der Waals surface area contributed by atoms with Crippen LogP contribution in [0.3, 0.4) is 0 Å². The van der Waals surface area contributed by atoms with E-state index in [4.69, 9.17) is 9.47 Å². The zero-order chi connectivity index (χ0) is 21.9. The Labute approximate surface area is 183 Å². The van der Waals surface area contributed by atoms with E-state index in [1.807, 2.05) is 48.7 Å². The van der Waals surface area contributed by atoms with Crippen LogP contribution in [-0.4, -0.2) is 54.1 Å². The van der Waals surface area contributed by atoms with Gasteiger partial charge in [0.05, 0.1) is 25.9 Å². The summed E-state index contributed by atoms with van der Waals surface area (Å²) in [6.45, 7) is 3.74. The molecule has 0 aliphatic heterocycles. The van der Waals surface area contributed by atoms with Crippen LogP contribution >= 0.6 is 0 Å². The van der Waals surface area contributed by atoms with Crippen LogP contribution in [0.5, 0.6) is 0 Å². The summed E-state index contributed by atoms with van der Waals surface area (Å²) >= 11 is 0. The number of rotatable bonds is 13. The maximum absolute atomic E-state index is 13.5. The van der Waals surface area contributed by atoms with Crippen molar-refractivity contribution in [3.8, 4) is 0 Å². The van der Waals surface area contributed by atoms with E-state index in [9.17, 15) is 9.50 Å². The number of hydrogen-bond acceptors (Lipinski definition) is 4. The molecule has 1 atom stereocenters. The van der Waals surface area contributed by atoms with E-state index < -0.39 is 6.10 Å². The van der Waals surface area contributed by atoms with Gasteiger partial charge in [-0.25, -0.2) is 4.39 Å².